The van der Waals surface area contributed by atoms with Crippen LogP contribution >= 0.6 is 0 Å². The third kappa shape index (κ3) is 2.33. The highest BCUT2D eigenvalue weighted by molar-refractivity contribution is 5.85. The molecule has 0 aliphatic carbocycles. The minimum atomic E-state index is 0.123. The van der Waals surface area contributed by atoms with Crippen LogP contribution in [0.2, 0.25) is 0 Å². The number of hydrogen-bond donors (Lipinski definition) is 1. The number of aromatic nitrogens is 1. The zero-order valence-corrected chi connectivity index (χ0v) is 11.5. The van der Waals surface area contributed by atoms with Gasteiger partial charge in [0.2, 0.25) is 0 Å². The maximum absolute atomic E-state index is 5.97. The zero-order chi connectivity index (χ0) is 13.2. The number of ether oxygens (including phenoxy) is 2. The summed E-state index contributed by atoms with van der Waals surface area (Å²) < 4.78 is 13.5. The third-order valence-electron chi connectivity index (χ3n) is 3.72. The van der Waals surface area contributed by atoms with Gasteiger partial charge in [-0.1, -0.05) is 0 Å². The van der Waals surface area contributed by atoms with E-state index in [9.17, 15) is 0 Å². The molecule has 2 heterocycles. The molecule has 1 aliphatic rings. The molecule has 0 bridgehead atoms. The Labute approximate surface area is 113 Å². The van der Waals surface area contributed by atoms with Gasteiger partial charge in [0.25, 0.3) is 0 Å². The number of nitrogens with zero attached hydrogens (tertiary/aromatic N) is 1. The van der Waals surface area contributed by atoms with Crippen molar-refractivity contribution in [3.05, 3.63) is 30.0 Å². The molecule has 2 aromatic rings. The van der Waals surface area contributed by atoms with Gasteiger partial charge in [-0.25, -0.2) is 0 Å². The largest absolute Gasteiger partial charge is 0.497 e. The fourth-order valence-corrected chi connectivity index (χ4v) is 2.70. The molecule has 1 fully saturated rings. The second kappa shape index (κ2) is 5.23. The van der Waals surface area contributed by atoms with E-state index in [0.717, 1.165) is 31.9 Å². The molecule has 1 saturated heterocycles. The van der Waals surface area contributed by atoms with Gasteiger partial charge < -0.3 is 19.4 Å². The van der Waals surface area contributed by atoms with Gasteiger partial charge in [-0.2, -0.15) is 0 Å². The van der Waals surface area contributed by atoms with E-state index in [1.165, 1.54) is 16.5 Å². The minimum absolute atomic E-state index is 0.123. The first-order chi connectivity index (χ1) is 9.29. The number of benzene rings is 1. The SMILES string of the molecule is COc1ccc2c(c1)c(C1CNCCCO1)cn2C. The van der Waals surface area contributed by atoms with Crippen molar-refractivity contribution in [2.24, 2.45) is 7.05 Å². The van der Waals surface area contributed by atoms with Crippen LogP contribution in [-0.4, -0.2) is 31.4 Å². The highest BCUT2D eigenvalue weighted by Crippen LogP contribution is 2.31. The lowest BCUT2D eigenvalue weighted by atomic mass is 10.1. The van der Waals surface area contributed by atoms with Gasteiger partial charge in [0.1, 0.15) is 5.75 Å². The van der Waals surface area contributed by atoms with Crippen LogP contribution in [0.15, 0.2) is 24.4 Å². The summed E-state index contributed by atoms with van der Waals surface area (Å²) >= 11 is 0. The molecule has 0 amide bonds. The van der Waals surface area contributed by atoms with Crippen LogP contribution in [0.25, 0.3) is 10.9 Å². The molecule has 1 N–H and O–H groups in total. The van der Waals surface area contributed by atoms with Gasteiger partial charge in [-0.3, -0.25) is 0 Å². The summed E-state index contributed by atoms with van der Waals surface area (Å²) in [4.78, 5) is 0. The Morgan fingerprint density at radius 2 is 2.32 bits per heavy atom. The first kappa shape index (κ1) is 12.5. The first-order valence-corrected chi connectivity index (χ1v) is 6.75. The van der Waals surface area contributed by atoms with E-state index in [1.54, 1.807) is 7.11 Å². The summed E-state index contributed by atoms with van der Waals surface area (Å²) in [5.41, 5.74) is 2.45. The number of rotatable bonds is 2. The van der Waals surface area contributed by atoms with Crippen LogP contribution in [0.3, 0.4) is 0 Å². The topological polar surface area (TPSA) is 35.4 Å². The van der Waals surface area contributed by atoms with Gasteiger partial charge in [-0.15, -0.1) is 0 Å². The predicted molar refractivity (Wildman–Crippen MR) is 75.7 cm³/mol. The Balaban J connectivity index is 2.06. The fraction of sp³-hybridized carbons (Fsp3) is 0.467. The van der Waals surface area contributed by atoms with Crippen molar-refractivity contribution in [2.75, 3.05) is 26.8 Å². The summed E-state index contributed by atoms with van der Waals surface area (Å²) in [6, 6.07) is 6.19. The molecule has 4 heteroatoms. The molecule has 1 unspecified atom stereocenters. The molecule has 1 aromatic carbocycles. The smallest absolute Gasteiger partial charge is 0.119 e. The Hall–Kier alpha value is -1.52. The van der Waals surface area contributed by atoms with Crippen molar-refractivity contribution >= 4 is 10.9 Å². The van der Waals surface area contributed by atoms with Gasteiger partial charge in [-0.05, 0) is 31.2 Å². The van der Waals surface area contributed by atoms with Gasteiger partial charge in [0.15, 0.2) is 0 Å². The van der Waals surface area contributed by atoms with Crippen LogP contribution in [0.5, 0.6) is 5.75 Å². The molecular weight excluding hydrogens is 240 g/mol. The Bertz CT molecular complexity index is 569. The molecule has 1 atom stereocenters. The lowest BCUT2D eigenvalue weighted by Crippen LogP contribution is -2.19. The average Bonchev–Trinajstić information content (AvgIpc) is 2.64. The van der Waals surface area contributed by atoms with E-state index in [2.05, 4.69) is 35.3 Å². The zero-order valence-electron chi connectivity index (χ0n) is 11.5. The van der Waals surface area contributed by atoms with Crippen LogP contribution in [0.4, 0.5) is 0 Å². The maximum atomic E-state index is 5.97. The average molecular weight is 260 g/mol. The third-order valence-corrected chi connectivity index (χ3v) is 3.72. The molecule has 1 aliphatic heterocycles. The van der Waals surface area contributed by atoms with Crippen LogP contribution in [0.1, 0.15) is 18.1 Å². The Kier molecular flexibility index (Phi) is 3.44. The Morgan fingerprint density at radius 1 is 1.42 bits per heavy atom. The van der Waals surface area contributed by atoms with Crippen LogP contribution in [0, 0.1) is 0 Å². The van der Waals surface area contributed by atoms with Gasteiger partial charge in [0, 0.05) is 42.9 Å². The lowest BCUT2D eigenvalue weighted by Gasteiger charge is -2.14. The van der Waals surface area contributed by atoms with E-state index in [0.29, 0.717) is 0 Å². The predicted octanol–water partition coefficient (Wildman–Crippen LogP) is 2.24. The first-order valence-electron chi connectivity index (χ1n) is 6.75. The monoisotopic (exact) mass is 260 g/mol. The van der Waals surface area contributed by atoms with E-state index in [-0.39, 0.29) is 6.10 Å². The molecule has 1 aromatic heterocycles. The second-order valence-corrected chi connectivity index (χ2v) is 5.00. The molecule has 19 heavy (non-hydrogen) atoms. The summed E-state index contributed by atoms with van der Waals surface area (Å²) in [5, 5.41) is 4.65. The van der Waals surface area contributed by atoms with Gasteiger partial charge in [0.05, 0.1) is 13.2 Å². The number of aryl methyl sites for hydroxylation is 1. The molecule has 102 valence electrons. The fourth-order valence-electron chi connectivity index (χ4n) is 2.70. The van der Waals surface area contributed by atoms with E-state index < -0.39 is 0 Å². The number of fused-ring (bicyclic) bond motifs is 1. The summed E-state index contributed by atoms with van der Waals surface area (Å²) in [5.74, 6) is 0.890. The lowest BCUT2D eigenvalue weighted by molar-refractivity contribution is 0.0678. The minimum Gasteiger partial charge on any atom is -0.497 e. The number of hydrogen-bond acceptors (Lipinski definition) is 3. The molecule has 0 spiro atoms. The van der Waals surface area contributed by atoms with Crippen molar-refractivity contribution < 1.29 is 9.47 Å². The quantitative estimate of drug-likeness (QED) is 0.899. The molecule has 0 saturated carbocycles. The van der Waals surface area contributed by atoms with Crippen molar-refractivity contribution in [1.29, 1.82) is 0 Å². The summed E-state index contributed by atoms with van der Waals surface area (Å²) in [6.45, 7) is 2.72. The van der Waals surface area contributed by atoms with E-state index in [4.69, 9.17) is 9.47 Å². The maximum Gasteiger partial charge on any atom is 0.119 e. The molecule has 3 rings (SSSR count). The van der Waals surface area contributed by atoms with Crippen LogP contribution < -0.4 is 10.1 Å². The van der Waals surface area contributed by atoms with Crippen molar-refractivity contribution in [2.45, 2.75) is 12.5 Å². The highest BCUT2D eigenvalue weighted by Gasteiger charge is 2.19. The number of nitrogens with one attached hydrogen (secondary N) is 1. The molecule has 4 nitrogen and oxygen atoms in total. The van der Waals surface area contributed by atoms with E-state index in [1.807, 2.05) is 6.07 Å². The van der Waals surface area contributed by atoms with Crippen molar-refractivity contribution in [3.63, 3.8) is 0 Å². The molecular formula is C15H20N2O2. The Morgan fingerprint density at radius 3 is 3.16 bits per heavy atom. The summed E-state index contributed by atoms with van der Waals surface area (Å²) in [6.07, 6.45) is 3.37. The van der Waals surface area contributed by atoms with Gasteiger partial charge >= 0.3 is 0 Å². The van der Waals surface area contributed by atoms with Crippen LogP contribution in [-0.2, 0) is 11.8 Å². The second-order valence-electron chi connectivity index (χ2n) is 5.00. The molecule has 0 radical (unpaired) electrons. The summed E-state index contributed by atoms with van der Waals surface area (Å²) in [7, 11) is 3.77. The highest BCUT2D eigenvalue weighted by atomic mass is 16.5. The normalized spacial score (nSPS) is 20.4. The van der Waals surface area contributed by atoms with E-state index >= 15 is 0 Å². The van der Waals surface area contributed by atoms with Crippen molar-refractivity contribution in [3.8, 4) is 5.75 Å². The van der Waals surface area contributed by atoms with Crippen molar-refractivity contribution in [1.82, 2.24) is 9.88 Å². The standard InChI is InChI=1S/C15H20N2O2/c1-17-10-13(15-9-16-6-3-7-19-15)12-8-11(18-2)4-5-14(12)17/h4-5,8,10,15-16H,3,6-7,9H2,1-2H3. The number of methoxy groups -OCH3 is 1.